The molecule has 2 aromatic carbocycles. The van der Waals surface area contributed by atoms with E-state index >= 15 is 0 Å². The SMILES string of the molecule is Cc1cc(C)c(NC(=O)CNC(=O)C2(c3ccc(Cl)cc3)CCCC2)c(C)c1. The lowest BCUT2D eigenvalue weighted by molar-refractivity contribution is -0.128. The highest BCUT2D eigenvalue weighted by Gasteiger charge is 2.42. The minimum absolute atomic E-state index is 0.0407. The average Bonchev–Trinajstić information content (AvgIpc) is 3.14. The van der Waals surface area contributed by atoms with Gasteiger partial charge in [-0.15, -0.1) is 0 Å². The zero-order valence-corrected chi connectivity index (χ0v) is 17.5. The summed E-state index contributed by atoms with van der Waals surface area (Å²) in [6.45, 7) is 5.94. The van der Waals surface area contributed by atoms with Crippen molar-refractivity contribution >= 4 is 29.1 Å². The summed E-state index contributed by atoms with van der Waals surface area (Å²) in [4.78, 5) is 25.5. The molecule has 1 aliphatic rings. The minimum Gasteiger partial charge on any atom is -0.346 e. The maximum atomic E-state index is 13.1. The summed E-state index contributed by atoms with van der Waals surface area (Å²) in [5.74, 6) is -0.299. The van der Waals surface area contributed by atoms with Crippen LogP contribution < -0.4 is 10.6 Å². The number of halogens is 1. The van der Waals surface area contributed by atoms with Crippen LogP contribution in [0.5, 0.6) is 0 Å². The van der Waals surface area contributed by atoms with Crippen molar-refractivity contribution in [1.82, 2.24) is 5.32 Å². The van der Waals surface area contributed by atoms with Gasteiger partial charge in [0.15, 0.2) is 0 Å². The van der Waals surface area contributed by atoms with Crippen LogP contribution in [0.1, 0.15) is 47.9 Å². The zero-order valence-electron chi connectivity index (χ0n) is 16.7. The Balaban J connectivity index is 1.68. The molecule has 3 rings (SSSR count). The van der Waals surface area contributed by atoms with Crippen molar-refractivity contribution in [3.63, 3.8) is 0 Å². The molecule has 0 unspecified atom stereocenters. The van der Waals surface area contributed by atoms with Gasteiger partial charge in [0.05, 0.1) is 12.0 Å². The van der Waals surface area contributed by atoms with Crippen molar-refractivity contribution in [2.24, 2.45) is 0 Å². The van der Waals surface area contributed by atoms with E-state index in [0.29, 0.717) is 5.02 Å². The molecule has 0 heterocycles. The largest absolute Gasteiger partial charge is 0.346 e. The maximum absolute atomic E-state index is 13.1. The Bertz CT molecular complexity index is 861. The summed E-state index contributed by atoms with van der Waals surface area (Å²) < 4.78 is 0. The summed E-state index contributed by atoms with van der Waals surface area (Å²) in [5.41, 5.74) is 4.42. The molecule has 0 saturated heterocycles. The van der Waals surface area contributed by atoms with Crippen molar-refractivity contribution in [1.29, 1.82) is 0 Å². The Kier molecular flexibility index (Phi) is 6.09. The lowest BCUT2D eigenvalue weighted by atomic mass is 9.78. The summed E-state index contributed by atoms with van der Waals surface area (Å²) in [6.07, 6.45) is 3.59. The van der Waals surface area contributed by atoms with E-state index in [1.807, 2.05) is 57.2 Å². The molecule has 0 radical (unpaired) electrons. The predicted molar refractivity (Wildman–Crippen MR) is 114 cm³/mol. The van der Waals surface area contributed by atoms with Gasteiger partial charge in [-0.25, -0.2) is 0 Å². The quantitative estimate of drug-likeness (QED) is 0.757. The van der Waals surface area contributed by atoms with E-state index in [1.54, 1.807) is 0 Å². The lowest BCUT2D eigenvalue weighted by Crippen LogP contribution is -2.45. The van der Waals surface area contributed by atoms with Crippen LogP contribution in [0.15, 0.2) is 36.4 Å². The monoisotopic (exact) mass is 398 g/mol. The van der Waals surface area contributed by atoms with Crippen LogP contribution in [0.4, 0.5) is 5.69 Å². The van der Waals surface area contributed by atoms with E-state index in [4.69, 9.17) is 11.6 Å². The molecule has 2 N–H and O–H groups in total. The van der Waals surface area contributed by atoms with Gasteiger partial charge in [-0.05, 0) is 62.4 Å². The fraction of sp³-hybridized carbons (Fsp3) is 0.391. The number of hydrogen-bond acceptors (Lipinski definition) is 2. The van der Waals surface area contributed by atoms with Crippen LogP contribution >= 0.6 is 11.6 Å². The van der Waals surface area contributed by atoms with Gasteiger partial charge in [0, 0.05) is 10.7 Å². The fourth-order valence-electron chi connectivity index (χ4n) is 4.28. The summed E-state index contributed by atoms with van der Waals surface area (Å²) in [5, 5.41) is 6.46. The lowest BCUT2D eigenvalue weighted by Gasteiger charge is -2.28. The van der Waals surface area contributed by atoms with Crippen LogP contribution in [0.2, 0.25) is 5.02 Å². The molecule has 148 valence electrons. The zero-order chi connectivity index (χ0) is 20.3. The molecule has 0 atom stereocenters. The number of hydrogen-bond donors (Lipinski definition) is 2. The first-order chi connectivity index (χ1) is 13.3. The molecular weight excluding hydrogens is 372 g/mol. The van der Waals surface area contributed by atoms with Gasteiger partial charge in [0.2, 0.25) is 11.8 Å². The number of carbonyl (C=O) groups is 2. The van der Waals surface area contributed by atoms with Crippen LogP contribution in [-0.4, -0.2) is 18.4 Å². The highest BCUT2D eigenvalue weighted by Crippen LogP contribution is 2.41. The van der Waals surface area contributed by atoms with E-state index < -0.39 is 5.41 Å². The Morgan fingerprint density at radius 1 is 1.00 bits per heavy atom. The highest BCUT2D eigenvalue weighted by atomic mass is 35.5. The number of amides is 2. The van der Waals surface area contributed by atoms with Gasteiger partial charge in [0.1, 0.15) is 0 Å². The summed E-state index contributed by atoms with van der Waals surface area (Å²) in [6, 6.07) is 11.6. The third-order valence-electron chi connectivity index (χ3n) is 5.64. The second kappa shape index (κ2) is 8.36. The van der Waals surface area contributed by atoms with Gasteiger partial charge in [-0.3, -0.25) is 9.59 Å². The topological polar surface area (TPSA) is 58.2 Å². The summed E-state index contributed by atoms with van der Waals surface area (Å²) >= 11 is 6.00. The van der Waals surface area contributed by atoms with Gasteiger partial charge in [-0.2, -0.15) is 0 Å². The number of anilines is 1. The number of carbonyl (C=O) groups excluding carboxylic acids is 2. The fourth-order valence-corrected chi connectivity index (χ4v) is 4.41. The number of nitrogens with one attached hydrogen (secondary N) is 2. The van der Waals surface area contributed by atoms with Crippen LogP contribution in [-0.2, 0) is 15.0 Å². The van der Waals surface area contributed by atoms with E-state index in [0.717, 1.165) is 53.6 Å². The first-order valence-corrected chi connectivity index (χ1v) is 10.1. The summed E-state index contributed by atoms with van der Waals surface area (Å²) in [7, 11) is 0. The molecule has 28 heavy (non-hydrogen) atoms. The third kappa shape index (κ3) is 4.22. The Morgan fingerprint density at radius 2 is 1.57 bits per heavy atom. The van der Waals surface area contributed by atoms with Crippen LogP contribution in [0.3, 0.4) is 0 Å². The van der Waals surface area contributed by atoms with Crippen molar-refractivity contribution in [3.8, 4) is 0 Å². The first-order valence-electron chi connectivity index (χ1n) is 9.74. The van der Waals surface area contributed by atoms with Gasteiger partial charge >= 0.3 is 0 Å². The van der Waals surface area contributed by atoms with Crippen molar-refractivity contribution in [2.75, 3.05) is 11.9 Å². The van der Waals surface area contributed by atoms with E-state index in [1.165, 1.54) is 0 Å². The second-order valence-corrected chi connectivity index (χ2v) is 8.24. The van der Waals surface area contributed by atoms with E-state index in [9.17, 15) is 9.59 Å². The maximum Gasteiger partial charge on any atom is 0.243 e. The van der Waals surface area contributed by atoms with Crippen molar-refractivity contribution < 1.29 is 9.59 Å². The molecular formula is C23H27ClN2O2. The van der Waals surface area contributed by atoms with E-state index in [-0.39, 0.29) is 18.4 Å². The van der Waals surface area contributed by atoms with Gasteiger partial charge in [0.25, 0.3) is 0 Å². The molecule has 2 amide bonds. The second-order valence-electron chi connectivity index (χ2n) is 7.80. The molecule has 1 saturated carbocycles. The minimum atomic E-state index is -0.569. The molecule has 4 nitrogen and oxygen atoms in total. The molecule has 1 aliphatic carbocycles. The molecule has 0 bridgehead atoms. The van der Waals surface area contributed by atoms with E-state index in [2.05, 4.69) is 10.6 Å². The van der Waals surface area contributed by atoms with Crippen molar-refractivity contribution in [2.45, 2.75) is 51.9 Å². The Hall–Kier alpha value is -2.33. The predicted octanol–water partition coefficient (Wildman–Crippen LogP) is 4.83. The average molecular weight is 399 g/mol. The van der Waals surface area contributed by atoms with Gasteiger partial charge in [-0.1, -0.05) is 54.3 Å². The first kappa shape index (κ1) is 20.4. The number of benzene rings is 2. The molecule has 0 aromatic heterocycles. The molecule has 2 aromatic rings. The molecule has 1 fully saturated rings. The molecule has 5 heteroatoms. The molecule has 0 spiro atoms. The van der Waals surface area contributed by atoms with Crippen LogP contribution in [0, 0.1) is 20.8 Å². The third-order valence-corrected chi connectivity index (χ3v) is 5.89. The van der Waals surface area contributed by atoms with Crippen molar-refractivity contribution in [3.05, 3.63) is 63.7 Å². The van der Waals surface area contributed by atoms with Crippen LogP contribution in [0.25, 0.3) is 0 Å². The number of rotatable bonds is 5. The highest BCUT2D eigenvalue weighted by molar-refractivity contribution is 6.30. The molecule has 0 aliphatic heterocycles. The van der Waals surface area contributed by atoms with Gasteiger partial charge < -0.3 is 10.6 Å². The normalized spacial score (nSPS) is 15.3. The smallest absolute Gasteiger partial charge is 0.243 e. The Morgan fingerprint density at radius 3 is 2.14 bits per heavy atom. The Labute approximate surface area is 171 Å². The standard InChI is InChI=1S/C23H27ClN2O2/c1-15-12-16(2)21(17(3)13-15)26-20(27)14-25-22(28)23(10-4-5-11-23)18-6-8-19(24)9-7-18/h6-9,12-13H,4-5,10-11,14H2,1-3H3,(H,25,28)(H,26,27). The number of aryl methyl sites for hydroxylation is 3.